The van der Waals surface area contributed by atoms with Crippen LogP contribution >= 0.6 is 0 Å². The molecule has 0 unspecified atom stereocenters. The van der Waals surface area contributed by atoms with Gasteiger partial charge in [-0.1, -0.05) is 6.08 Å². The molecule has 1 aliphatic rings. The van der Waals surface area contributed by atoms with Crippen LogP contribution < -0.4 is 5.32 Å². The highest BCUT2D eigenvalue weighted by molar-refractivity contribution is 5.89. The van der Waals surface area contributed by atoms with Gasteiger partial charge in [-0.05, 0) is 12.2 Å². The van der Waals surface area contributed by atoms with Gasteiger partial charge in [0.15, 0.2) is 0 Å². The second-order valence-corrected chi connectivity index (χ2v) is 1.80. The minimum absolute atomic E-state index is 0.0400. The lowest BCUT2D eigenvalue weighted by Gasteiger charge is -1.95. The van der Waals surface area contributed by atoms with Gasteiger partial charge in [-0.3, -0.25) is 4.79 Å². The van der Waals surface area contributed by atoms with Gasteiger partial charge in [0.1, 0.15) is 5.76 Å². The summed E-state index contributed by atoms with van der Waals surface area (Å²) in [5, 5.41) is 11.3. The smallest absolute Gasteiger partial charge is 0.251 e. The average molecular weight is 137 g/mol. The van der Waals surface area contributed by atoms with Crippen LogP contribution in [0.1, 0.15) is 0 Å². The molecular formula is C7H7NO2. The highest BCUT2D eigenvalue weighted by Crippen LogP contribution is 1.93. The molecule has 1 amide bonds. The van der Waals surface area contributed by atoms with Crippen LogP contribution in [0.15, 0.2) is 36.3 Å². The van der Waals surface area contributed by atoms with Crippen molar-refractivity contribution in [2.24, 2.45) is 0 Å². The first-order chi connectivity index (χ1) is 4.79. The number of aliphatic hydroxyl groups is 1. The molecule has 1 rings (SSSR count). The first-order valence-electron chi connectivity index (χ1n) is 2.83. The molecule has 0 fully saturated rings. The fraction of sp³-hybridized carbons (Fsp3) is 0. The molecule has 0 radical (unpaired) electrons. The standard InChI is InChI=1S/C7H7NO2/c9-6-3-1-2-4-8-7(10)5-6/h1-5,9H,(H,8,10). The summed E-state index contributed by atoms with van der Waals surface area (Å²) in [4.78, 5) is 10.6. The lowest BCUT2D eigenvalue weighted by Crippen LogP contribution is -2.14. The maximum Gasteiger partial charge on any atom is 0.251 e. The van der Waals surface area contributed by atoms with Crippen LogP contribution in [0.2, 0.25) is 0 Å². The number of nitrogens with one attached hydrogen (secondary N) is 1. The zero-order valence-electron chi connectivity index (χ0n) is 5.24. The molecule has 0 saturated heterocycles. The van der Waals surface area contributed by atoms with E-state index in [0.717, 1.165) is 6.08 Å². The van der Waals surface area contributed by atoms with E-state index in [0.29, 0.717) is 0 Å². The Morgan fingerprint density at radius 2 is 2.20 bits per heavy atom. The molecule has 0 aliphatic carbocycles. The number of aliphatic hydroxyl groups excluding tert-OH is 1. The summed E-state index contributed by atoms with van der Waals surface area (Å²) in [6, 6.07) is 0. The minimum Gasteiger partial charge on any atom is -0.508 e. The first kappa shape index (κ1) is 6.61. The van der Waals surface area contributed by atoms with E-state index >= 15 is 0 Å². The number of amides is 1. The van der Waals surface area contributed by atoms with Gasteiger partial charge < -0.3 is 10.4 Å². The summed E-state index contributed by atoms with van der Waals surface area (Å²) in [6.45, 7) is 0. The molecular weight excluding hydrogens is 130 g/mol. The number of hydrogen-bond donors (Lipinski definition) is 2. The van der Waals surface area contributed by atoms with E-state index < -0.39 is 0 Å². The third-order valence-electron chi connectivity index (χ3n) is 0.979. The van der Waals surface area contributed by atoms with E-state index in [4.69, 9.17) is 5.11 Å². The van der Waals surface area contributed by atoms with Crippen LogP contribution in [0.4, 0.5) is 0 Å². The van der Waals surface area contributed by atoms with Gasteiger partial charge in [-0.15, -0.1) is 0 Å². The van der Waals surface area contributed by atoms with E-state index in [1.165, 1.54) is 12.3 Å². The quantitative estimate of drug-likeness (QED) is 0.514. The highest BCUT2D eigenvalue weighted by Gasteiger charge is 1.95. The van der Waals surface area contributed by atoms with Gasteiger partial charge >= 0.3 is 0 Å². The molecule has 3 nitrogen and oxygen atoms in total. The molecule has 3 heteroatoms. The summed E-state index contributed by atoms with van der Waals surface area (Å²) < 4.78 is 0. The molecule has 0 aromatic rings. The third-order valence-corrected chi connectivity index (χ3v) is 0.979. The average Bonchev–Trinajstić information content (AvgIpc) is 1.83. The fourth-order valence-corrected chi connectivity index (χ4v) is 0.564. The Morgan fingerprint density at radius 3 is 3.00 bits per heavy atom. The zero-order chi connectivity index (χ0) is 7.40. The number of allylic oxidation sites excluding steroid dienone is 3. The molecule has 52 valence electrons. The molecule has 0 saturated carbocycles. The van der Waals surface area contributed by atoms with Gasteiger partial charge in [-0.25, -0.2) is 0 Å². The van der Waals surface area contributed by atoms with Crippen molar-refractivity contribution in [3.63, 3.8) is 0 Å². The van der Waals surface area contributed by atoms with Crippen LogP contribution in [-0.2, 0) is 4.79 Å². The SMILES string of the molecule is O=C1\C=C(O)/C=C\C=C/N1. The largest absolute Gasteiger partial charge is 0.508 e. The predicted octanol–water partition coefficient (Wildman–Crippen LogP) is 0.628. The lowest BCUT2D eigenvalue weighted by atomic mass is 10.3. The molecule has 0 atom stereocenters. The molecule has 0 aromatic carbocycles. The van der Waals surface area contributed by atoms with Crippen molar-refractivity contribution in [1.29, 1.82) is 0 Å². The summed E-state index contributed by atoms with van der Waals surface area (Å²) in [5.74, 6) is -0.361. The van der Waals surface area contributed by atoms with Crippen molar-refractivity contribution in [1.82, 2.24) is 5.32 Å². The number of rotatable bonds is 0. The Morgan fingerprint density at radius 1 is 1.40 bits per heavy atom. The van der Waals surface area contributed by atoms with Crippen LogP contribution in [0.3, 0.4) is 0 Å². The summed E-state index contributed by atoms with van der Waals surface area (Å²) in [7, 11) is 0. The summed E-state index contributed by atoms with van der Waals surface area (Å²) in [6.07, 6.45) is 7.31. The van der Waals surface area contributed by atoms with Crippen molar-refractivity contribution in [3.05, 3.63) is 36.3 Å². The van der Waals surface area contributed by atoms with Crippen LogP contribution in [0.5, 0.6) is 0 Å². The highest BCUT2D eigenvalue weighted by atomic mass is 16.3. The number of carbonyl (C=O) groups is 1. The Labute approximate surface area is 58.4 Å². The molecule has 0 bridgehead atoms. The molecule has 1 aliphatic heterocycles. The fourth-order valence-electron chi connectivity index (χ4n) is 0.564. The van der Waals surface area contributed by atoms with E-state index in [-0.39, 0.29) is 11.7 Å². The minimum atomic E-state index is -0.321. The predicted molar refractivity (Wildman–Crippen MR) is 37.1 cm³/mol. The van der Waals surface area contributed by atoms with Crippen molar-refractivity contribution >= 4 is 5.91 Å². The maximum absolute atomic E-state index is 10.6. The molecule has 10 heavy (non-hydrogen) atoms. The van der Waals surface area contributed by atoms with Gasteiger partial charge in [0.2, 0.25) is 0 Å². The summed E-state index contributed by atoms with van der Waals surface area (Å²) >= 11 is 0. The van der Waals surface area contributed by atoms with E-state index in [1.54, 1.807) is 12.2 Å². The van der Waals surface area contributed by atoms with Crippen molar-refractivity contribution < 1.29 is 9.90 Å². The lowest BCUT2D eigenvalue weighted by molar-refractivity contribution is -0.115. The number of hydrogen-bond acceptors (Lipinski definition) is 2. The second-order valence-electron chi connectivity index (χ2n) is 1.80. The first-order valence-corrected chi connectivity index (χ1v) is 2.83. The van der Waals surface area contributed by atoms with Gasteiger partial charge in [0.05, 0.1) is 0 Å². The van der Waals surface area contributed by atoms with E-state index in [2.05, 4.69) is 5.32 Å². The molecule has 1 heterocycles. The Balaban J connectivity index is 2.83. The Kier molecular flexibility index (Phi) is 1.89. The topological polar surface area (TPSA) is 49.3 Å². The van der Waals surface area contributed by atoms with Crippen molar-refractivity contribution in [2.75, 3.05) is 0 Å². The van der Waals surface area contributed by atoms with Crippen LogP contribution in [-0.4, -0.2) is 11.0 Å². The Hall–Kier alpha value is -1.51. The summed E-state index contributed by atoms with van der Waals surface area (Å²) in [5.41, 5.74) is 0. The molecule has 2 N–H and O–H groups in total. The van der Waals surface area contributed by atoms with Gasteiger partial charge in [-0.2, -0.15) is 0 Å². The Bertz CT molecular complexity index is 226. The third kappa shape index (κ3) is 1.78. The van der Waals surface area contributed by atoms with Gasteiger partial charge in [0, 0.05) is 12.3 Å². The maximum atomic E-state index is 10.6. The number of carbonyl (C=O) groups excluding carboxylic acids is 1. The van der Waals surface area contributed by atoms with Crippen molar-refractivity contribution in [2.45, 2.75) is 0 Å². The monoisotopic (exact) mass is 137 g/mol. The zero-order valence-corrected chi connectivity index (χ0v) is 5.24. The molecule has 0 aromatic heterocycles. The van der Waals surface area contributed by atoms with Crippen LogP contribution in [0.25, 0.3) is 0 Å². The van der Waals surface area contributed by atoms with E-state index in [9.17, 15) is 4.79 Å². The van der Waals surface area contributed by atoms with E-state index in [1.807, 2.05) is 0 Å². The van der Waals surface area contributed by atoms with Gasteiger partial charge in [0.25, 0.3) is 5.91 Å². The van der Waals surface area contributed by atoms with Crippen LogP contribution in [0, 0.1) is 0 Å². The molecule has 0 spiro atoms. The second kappa shape index (κ2) is 2.87. The normalized spacial score (nSPS) is 28.8. The van der Waals surface area contributed by atoms with Crippen molar-refractivity contribution in [3.8, 4) is 0 Å².